The van der Waals surface area contributed by atoms with Gasteiger partial charge in [0, 0.05) is 13.0 Å². The fourth-order valence-electron chi connectivity index (χ4n) is 1.77. The molecule has 1 aliphatic heterocycles. The van der Waals surface area contributed by atoms with Crippen molar-refractivity contribution in [3.8, 4) is 0 Å². The number of rotatable bonds is 2. The second-order valence-corrected chi connectivity index (χ2v) is 3.86. The van der Waals surface area contributed by atoms with E-state index in [4.69, 9.17) is 17.3 Å². The molecule has 0 aliphatic carbocycles. The summed E-state index contributed by atoms with van der Waals surface area (Å²) >= 11 is 5.07. The second-order valence-electron chi connectivity index (χ2n) is 3.47. The van der Waals surface area contributed by atoms with Crippen LogP contribution >= 0.6 is 12.2 Å². The number of nitrogens with zero attached hydrogens (tertiary/aromatic N) is 2. The Balaban J connectivity index is 2.25. The van der Waals surface area contributed by atoms with Gasteiger partial charge in [-0.05, 0) is 18.6 Å². The average molecular weight is 228 g/mol. The molecule has 7 heteroatoms. The van der Waals surface area contributed by atoms with E-state index in [0.29, 0.717) is 23.6 Å². The molecule has 1 saturated heterocycles. The van der Waals surface area contributed by atoms with Gasteiger partial charge in [0.1, 0.15) is 6.61 Å². The molecule has 0 bridgehead atoms. The molecule has 2 heterocycles. The number of carbonyl (C=O) groups is 1. The fraction of sp³-hybridized carbons (Fsp3) is 0.625. The van der Waals surface area contributed by atoms with Gasteiger partial charge in [0.2, 0.25) is 5.91 Å². The number of hydrogen-bond acceptors (Lipinski definition) is 4. The van der Waals surface area contributed by atoms with Gasteiger partial charge in [0.05, 0.1) is 6.04 Å². The van der Waals surface area contributed by atoms with E-state index in [1.54, 1.807) is 4.57 Å². The summed E-state index contributed by atoms with van der Waals surface area (Å²) in [6.45, 7) is 0.386. The molecule has 1 amide bonds. The van der Waals surface area contributed by atoms with Crippen LogP contribution < -0.4 is 5.32 Å². The minimum Gasteiger partial charge on any atom is -0.388 e. The van der Waals surface area contributed by atoms with Gasteiger partial charge >= 0.3 is 0 Å². The Morgan fingerprint density at radius 1 is 1.67 bits per heavy atom. The molecule has 0 spiro atoms. The SMILES string of the molecule is O=C1CCC(n2c(CO)n[nH]c2=S)CN1. The van der Waals surface area contributed by atoms with Crippen molar-refractivity contribution in [1.29, 1.82) is 0 Å². The minimum absolute atomic E-state index is 0.0619. The van der Waals surface area contributed by atoms with Gasteiger partial charge in [-0.3, -0.25) is 14.5 Å². The zero-order chi connectivity index (χ0) is 10.8. The van der Waals surface area contributed by atoms with E-state index in [9.17, 15) is 4.79 Å². The summed E-state index contributed by atoms with van der Waals surface area (Å²) in [5.74, 6) is 0.577. The first-order valence-electron chi connectivity index (χ1n) is 4.75. The van der Waals surface area contributed by atoms with E-state index in [1.165, 1.54) is 0 Å². The largest absolute Gasteiger partial charge is 0.388 e. The van der Waals surface area contributed by atoms with E-state index >= 15 is 0 Å². The summed E-state index contributed by atoms with van der Waals surface area (Å²) in [6, 6.07) is 0.0936. The maximum Gasteiger partial charge on any atom is 0.220 e. The second kappa shape index (κ2) is 4.11. The van der Waals surface area contributed by atoms with Crippen molar-refractivity contribution in [2.75, 3.05) is 6.54 Å². The molecule has 0 saturated carbocycles. The van der Waals surface area contributed by atoms with Gasteiger partial charge in [-0.2, -0.15) is 5.10 Å². The number of hydrogen-bond donors (Lipinski definition) is 3. The van der Waals surface area contributed by atoms with Gasteiger partial charge in [0.15, 0.2) is 10.6 Å². The maximum atomic E-state index is 11.0. The molecular formula is C8H12N4O2S. The Morgan fingerprint density at radius 3 is 3.07 bits per heavy atom. The zero-order valence-corrected chi connectivity index (χ0v) is 8.88. The van der Waals surface area contributed by atoms with Crippen molar-refractivity contribution in [3.63, 3.8) is 0 Å². The molecule has 82 valence electrons. The zero-order valence-electron chi connectivity index (χ0n) is 8.06. The van der Waals surface area contributed by atoms with Crippen LogP contribution in [-0.4, -0.2) is 32.3 Å². The van der Waals surface area contributed by atoms with Crippen LogP contribution in [0.5, 0.6) is 0 Å². The summed E-state index contributed by atoms with van der Waals surface area (Å²) in [5, 5.41) is 18.4. The van der Waals surface area contributed by atoms with Crippen LogP contribution in [0.3, 0.4) is 0 Å². The van der Waals surface area contributed by atoms with Gasteiger partial charge in [-0.25, -0.2) is 0 Å². The molecule has 1 aromatic heterocycles. The van der Waals surface area contributed by atoms with Gasteiger partial charge in [-0.15, -0.1) is 0 Å². The van der Waals surface area contributed by atoms with E-state index < -0.39 is 0 Å². The van der Waals surface area contributed by atoms with Crippen LogP contribution in [-0.2, 0) is 11.4 Å². The number of nitrogens with one attached hydrogen (secondary N) is 2. The number of aliphatic hydroxyl groups is 1. The van der Waals surface area contributed by atoms with E-state index in [-0.39, 0.29) is 18.6 Å². The van der Waals surface area contributed by atoms with Crippen LogP contribution in [0.4, 0.5) is 0 Å². The van der Waals surface area contributed by atoms with E-state index in [0.717, 1.165) is 6.42 Å². The lowest BCUT2D eigenvalue weighted by Crippen LogP contribution is -2.36. The predicted octanol–water partition coefficient (Wildman–Crippen LogP) is -0.116. The Bertz CT molecular complexity index is 415. The predicted molar refractivity (Wildman–Crippen MR) is 54.6 cm³/mol. The van der Waals surface area contributed by atoms with Crippen molar-refractivity contribution in [2.45, 2.75) is 25.5 Å². The molecular weight excluding hydrogens is 216 g/mol. The number of carbonyl (C=O) groups excluding carboxylic acids is 1. The first kappa shape index (κ1) is 10.3. The van der Waals surface area contributed by atoms with Crippen molar-refractivity contribution >= 4 is 18.1 Å². The monoisotopic (exact) mass is 228 g/mol. The highest BCUT2D eigenvalue weighted by Crippen LogP contribution is 2.18. The normalized spacial score (nSPS) is 21.4. The molecule has 3 N–H and O–H groups in total. The van der Waals surface area contributed by atoms with Crippen molar-refractivity contribution in [1.82, 2.24) is 20.1 Å². The molecule has 6 nitrogen and oxygen atoms in total. The highest BCUT2D eigenvalue weighted by Gasteiger charge is 2.22. The molecule has 0 radical (unpaired) electrons. The summed E-state index contributed by atoms with van der Waals surface area (Å²) in [7, 11) is 0. The highest BCUT2D eigenvalue weighted by molar-refractivity contribution is 7.71. The first-order chi connectivity index (χ1) is 7.22. The lowest BCUT2D eigenvalue weighted by molar-refractivity contribution is -0.122. The molecule has 1 unspecified atom stereocenters. The van der Waals surface area contributed by atoms with Crippen molar-refractivity contribution in [2.24, 2.45) is 0 Å². The van der Waals surface area contributed by atoms with Crippen LogP contribution in [0, 0.1) is 4.77 Å². The van der Waals surface area contributed by atoms with Crippen molar-refractivity contribution in [3.05, 3.63) is 10.6 Å². The number of aromatic amines is 1. The maximum absolute atomic E-state index is 11.0. The topological polar surface area (TPSA) is 82.9 Å². The summed E-state index contributed by atoms with van der Waals surface area (Å²) in [4.78, 5) is 11.0. The summed E-state index contributed by atoms with van der Waals surface area (Å²) < 4.78 is 2.26. The molecule has 1 aromatic rings. The Morgan fingerprint density at radius 2 is 2.47 bits per heavy atom. The van der Waals surface area contributed by atoms with Gasteiger partial charge in [-0.1, -0.05) is 0 Å². The number of piperidine rings is 1. The molecule has 1 atom stereocenters. The highest BCUT2D eigenvalue weighted by atomic mass is 32.1. The smallest absolute Gasteiger partial charge is 0.220 e. The number of aromatic nitrogens is 3. The molecule has 15 heavy (non-hydrogen) atoms. The Hall–Kier alpha value is -1.21. The molecule has 0 aromatic carbocycles. The Kier molecular flexibility index (Phi) is 2.83. The minimum atomic E-state index is -0.155. The molecule has 1 fully saturated rings. The average Bonchev–Trinajstić information content (AvgIpc) is 2.61. The number of amides is 1. The molecule has 1 aliphatic rings. The van der Waals surface area contributed by atoms with Crippen LogP contribution in [0.2, 0.25) is 0 Å². The van der Waals surface area contributed by atoms with Gasteiger partial charge < -0.3 is 10.4 Å². The van der Waals surface area contributed by atoms with Gasteiger partial charge in [0.25, 0.3) is 0 Å². The van der Waals surface area contributed by atoms with Crippen LogP contribution in [0.25, 0.3) is 0 Å². The van der Waals surface area contributed by atoms with Crippen LogP contribution in [0.1, 0.15) is 24.7 Å². The lowest BCUT2D eigenvalue weighted by atomic mass is 10.1. The standard InChI is InChI=1S/C8H12N4O2S/c13-4-6-10-11-8(15)12(6)5-1-2-7(14)9-3-5/h5,13H,1-4H2,(H,9,14)(H,11,15). The first-order valence-corrected chi connectivity index (χ1v) is 5.16. The Labute approximate surface area is 91.3 Å². The quantitative estimate of drug-likeness (QED) is 0.616. The molecule has 2 rings (SSSR count). The third kappa shape index (κ3) is 1.93. The van der Waals surface area contributed by atoms with E-state index in [2.05, 4.69) is 15.5 Å². The third-order valence-corrected chi connectivity index (χ3v) is 2.81. The third-order valence-electron chi connectivity index (χ3n) is 2.52. The fourth-order valence-corrected chi connectivity index (χ4v) is 2.07. The lowest BCUT2D eigenvalue weighted by Gasteiger charge is -2.24. The number of H-pyrrole nitrogens is 1. The van der Waals surface area contributed by atoms with Crippen molar-refractivity contribution < 1.29 is 9.90 Å². The number of aliphatic hydroxyl groups excluding tert-OH is 1. The van der Waals surface area contributed by atoms with Crippen LogP contribution in [0.15, 0.2) is 0 Å². The summed E-state index contributed by atoms with van der Waals surface area (Å²) in [6.07, 6.45) is 1.22. The summed E-state index contributed by atoms with van der Waals surface area (Å²) in [5.41, 5.74) is 0. The van der Waals surface area contributed by atoms with E-state index in [1.807, 2.05) is 0 Å².